The molecule has 0 fully saturated rings. The van der Waals surface area contributed by atoms with Crippen molar-refractivity contribution < 1.29 is 9.59 Å². The molecule has 1 aromatic heterocycles. The first-order valence-corrected chi connectivity index (χ1v) is 8.80. The minimum atomic E-state index is -0.259. The highest BCUT2D eigenvalue weighted by atomic mass is 16.2. The molecule has 0 bridgehead atoms. The van der Waals surface area contributed by atoms with Crippen molar-refractivity contribution in [1.82, 2.24) is 20.1 Å². The van der Waals surface area contributed by atoms with E-state index in [9.17, 15) is 9.59 Å². The van der Waals surface area contributed by atoms with Crippen LogP contribution in [0.25, 0.3) is 0 Å². The summed E-state index contributed by atoms with van der Waals surface area (Å²) in [4.78, 5) is 33.1. The van der Waals surface area contributed by atoms with Crippen LogP contribution in [-0.4, -0.2) is 60.3 Å². The number of amides is 2. The molecule has 2 amide bonds. The standard InChI is InChI=1S/C20H24N4O2/c1-23(2)13-11-21-19(25)17-8-5-9-18(22-17)20(26)24-12-10-15-6-3-4-7-16(15)14-24/h3-9H,10-14H2,1-2H3,(H,21,25). The zero-order chi connectivity index (χ0) is 18.5. The molecule has 0 atom stereocenters. The number of rotatable bonds is 5. The van der Waals surface area contributed by atoms with Gasteiger partial charge in [0.25, 0.3) is 11.8 Å². The number of aromatic nitrogens is 1. The first kappa shape index (κ1) is 18.1. The van der Waals surface area contributed by atoms with Crippen LogP contribution in [0.3, 0.4) is 0 Å². The first-order chi connectivity index (χ1) is 12.5. The smallest absolute Gasteiger partial charge is 0.272 e. The van der Waals surface area contributed by atoms with Crippen LogP contribution in [0.1, 0.15) is 32.1 Å². The van der Waals surface area contributed by atoms with Gasteiger partial charge in [0.2, 0.25) is 0 Å². The van der Waals surface area contributed by atoms with E-state index in [1.807, 2.05) is 31.1 Å². The lowest BCUT2D eigenvalue weighted by molar-refractivity contribution is 0.0728. The summed E-state index contributed by atoms with van der Waals surface area (Å²) < 4.78 is 0. The molecule has 6 heteroatoms. The van der Waals surface area contributed by atoms with Gasteiger partial charge in [-0.2, -0.15) is 0 Å². The summed E-state index contributed by atoms with van der Waals surface area (Å²) in [5.74, 6) is -0.395. The van der Waals surface area contributed by atoms with Crippen molar-refractivity contribution >= 4 is 11.8 Å². The molecule has 1 N–H and O–H groups in total. The zero-order valence-electron chi connectivity index (χ0n) is 15.2. The third-order valence-electron chi connectivity index (χ3n) is 4.46. The monoisotopic (exact) mass is 352 g/mol. The Kier molecular flexibility index (Phi) is 5.63. The quantitative estimate of drug-likeness (QED) is 0.887. The molecule has 1 aliphatic heterocycles. The number of hydrogen-bond donors (Lipinski definition) is 1. The lowest BCUT2D eigenvalue weighted by Crippen LogP contribution is -2.37. The molecule has 0 saturated carbocycles. The van der Waals surface area contributed by atoms with E-state index >= 15 is 0 Å². The molecule has 136 valence electrons. The van der Waals surface area contributed by atoms with Gasteiger partial charge in [0.05, 0.1) is 0 Å². The van der Waals surface area contributed by atoms with E-state index < -0.39 is 0 Å². The number of nitrogens with one attached hydrogen (secondary N) is 1. The van der Waals surface area contributed by atoms with E-state index in [1.165, 1.54) is 11.1 Å². The van der Waals surface area contributed by atoms with Gasteiger partial charge in [-0.15, -0.1) is 0 Å². The lowest BCUT2D eigenvalue weighted by atomic mass is 10.00. The molecule has 3 rings (SSSR count). The van der Waals surface area contributed by atoms with Crippen LogP contribution in [-0.2, 0) is 13.0 Å². The summed E-state index contributed by atoms with van der Waals surface area (Å²) in [5.41, 5.74) is 3.04. The lowest BCUT2D eigenvalue weighted by Gasteiger charge is -2.28. The maximum absolute atomic E-state index is 12.8. The number of nitrogens with zero attached hydrogens (tertiary/aromatic N) is 3. The molecular formula is C20H24N4O2. The van der Waals surface area contributed by atoms with Gasteiger partial charge in [0, 0.05) is 26.2 Å². The third kappa shape index (κ3) is 4.26. The number of fused-ring (bicyclic) bond motifs is 1. The molecule has 0 saturated heterocycles. The highest BCUT2D eigenvalue weighted by Gasteiger charge is 2.23. The molecule has 2 heterocycles. The topological polar surface area (TPSA) is 65.5 Å². The Morgan fingerprint density at radius 3 is 2.58 bits per heavy atom. The first-order valence-electron chi connectivity index (χ1n) is 8.80. The largest absolute Gasteiger partial charge is 0.349 e. The van der Waals surface area contributed by atoms with E-state index in [4.69, 9.17) is 0 Å². The Balaban J connectivity index is 1.68. The van der Waals surface area contributed by atoms with Crippen LogP contribution in [0.2, 0.25) is 0 Å². The Morgan fingerprint density at radius 1 is 1.08 bits per heavy atom. The highest BCUT2D eigenvalue weighted by molar-refractivity contribution is 5.96. The summed E-state index contributed by atoms with van der Waals surface area (Å²) in [7, 11) is 3.89. The van der Waals surface area contributed by atoms with E-state index in [2.05, 4.69) is 22.4 Å². The van der Waals surface area contributed by atoms with Crippen molar-refractivity contribution in [2.24, 2.45) is 0 Å². The average Bonchev–Trinajstić information content (AvgIpc) is 2.66. The number of benzene rings is 1. The van der Waals surface area contributed by atoms with Crippen molar-refractivity contribution in [3.8, 4) is 0 Å². The van der Waals surface area contributed by atoms with E-state index in [0.29, 0.717) is 25.3 Å². The minimum Gasteiger partial charge on any atom is -0.349 e. The van der Waals surface area contributed by atoms with E-state index in [0.717, 1.165) is 13.0 Å². The highest BCUT2D eigenvalue weighted by Crippen LogP contribution is 2.19. The molecule has 0 spiro atoms. The summed E-state index contributed by atoms with van der Waals surface area (Å²) in [6, 6.07) is 13.2. The van der Waals surface area contributed by atoms with Crippen molar-refractivity contribution in [2.75, 3.05) is 33.7 Å². The van der Waals surface area contributed by atoms with Gasteiger partial charge in [0.15, 0.2) is 0 Å². The maximum Gasteiger partial charge on any atom is 0.272 e. The van der Waals surface area contributed by atoms with Crippen molar-refractivity contribution in [2.45, 2.75) is 13.0 Å². The van der Waals surface area contributed by atoms with E-state index in [-0.39, 0.29) is 17.5 Å². The molecule has 0 unspecified atom stereocenters. The second-order valence-electron chi connectivity index (χ2n) is 6.71. The molecular weight excluding hydrogens is 328 g/mol. The number of carbonyl (C=O) groups is 2. The normalized spacial score (nSPS) is 13.4. The van der Waals surface area contributed by atoms with Crippen LogP contribution in [0, 0.1) is 0 Å². The van der Waals surface area contributed by atoms with Crippen LogP contribution < -0.4 is 5.32 Å². The van der Waals surface area contributed by atoms with Crippen LogP contribution in [0.5, 0.6) is 0 Å². The molecule has 6 nitrogen and oxygen atoms in total. The predicted molar refractivity (Wildman–Crippen MR) is 100 cm³/mol. The summed E-state index contributed by atoms with van der Waals surface area (Å²) >= 11 is 0. The Bertz CT molecular complexity index is 804. The number of carbonyl (C=O) groups excluding carboxylic acids is 2. The molecule has 2 aromatic rings. The minimum absolute atomic E-state index is 0.137. The Labute approximate surface area is 153 Å². The second kappa shape index (κ2) is 8.10. The van der Waals surface area contributed by atoms with Gasteiger partial charge in [-0.05, 0) is 43.8 Å². The molecule has 0 radical (unpaired) electrons. The summed E-state index contributed by atoms with van der Waals surface area (Å²) in [6.07, 6.45) is 0.840. The average molecular weight is 352 g/mol. The maximum atomic E-state index is 12.8. The summed E-state index contributed by atoms with van der Waals surface area (Å²) in [6.45, 7) is 2.53. The third-order valence-corrected chi connectivity index (χ3v) is 4.46. The van der Waals surface area contributed by atoms with Crippen LogP contribution in [0.4, 0.5) is 0 Å². The van der Waals surface area contributed by atoms with Crippen LogP contribution in [0.15, 0.2) is 42.5 Å². The van der Waals surface area contributed by atoms with Gasteiger partial charge in [-0.3, -0.25) is 9.59 Å². The number of pyridine rings is 1. The zero-order valence-corrected chi connectivity index (χ0v) is 15.2. The second-order valence-corrected chi connectivity index (χ2v) is 6.71. The SMILES string of the molecule is CN(C)CCNC(=O)c1cccc(C(=O)N2CCc3ccccc3C2)n1. The fourth-order valence-corrected chi connectivity index (χ4v) is 2.99. The fourth-order valence-electron chi connectivity index (χ4n) is 2.99. The predicted octanol–water partition coefficient (Wildman–Crippen LogP) is 1.57. The van der Waals surface area contributed by atoms with Gasteiger partial charge >= 0.3 is 0 Å². The fraction of sp³-hybridized carbons (Fsp3) is 0.350. The van der Waals surface area contributed by atoms with Crippen molar-refractivity contribution in [1.29, 1.82) is 0 Å². The van der Waals surface area contributed by atoms with E-state index in [1.54, 1.807) is 23.1 Å². The molecule has 1 aliphatic rings. The Hall–Kier alpha value is -2.73. The van der Waals surface area contributed by atoms with Crippen molar-refractivity contribution in [3.63, 3.8) is 0 Å². The van der Waals surface area contributed by atoms with Gasteiger partial charge in [-0.25, -0.2) is 4.98 Å². The van der Waals surface area contributed by atoms with Gasteiger partial charge in [0.1, 0.15) is 11.4 Å². The van der Waals surface area contributed by atoms with Gasteiger partial charge in [-0.1, -0.05) is 30.3 Å². The number of hydrogen-bond acceptors (Lipinski definition) is 4. The molecule has 26 heavy (non-hydrogen) atoms. The summed E-state index contributed by atoms with van der Waals surface area (Å²) in [5, 5.41) is 2.82. The number of likely N-dealkylation sites (N-methyl/N-ethyl adjacent to an activating group) is 1. The van der Waals surface area contributed by atoms with Crippen molar-refractivity contribution in [3.05, 3.63) is 65.0 Å². The molecule has 1 aromatic carbocycles. The van der Waals surface area contributed by atoms with Gasteiger partial charge < -0.3 is 15.1 Å². The van der Waals surface area contributed by atoms with Crippen LogP contribution >= 0.6 is 0 Å². The molecule has 0 aliphatic carbocycles. The Morgan fingerprint density at radius 2 is 1.81 bits per heavy atom.